The summed E-state index contributed by atoms with van der Waals surface area (Å²) in [5.74, 6) is -0.0628. The van der Waals surface area contributed by atoms with Gasteiger partial charge in [-0.15, -0.1) is 11.8 Å². The molecule has 5 heteroatoms. The van der Waals surface area contributed by atoms with Crippen molar-refractivity contribution in [3.8, 4) is 0 Å². The minimum atomic E-state index is -0.134. The van der Waals surface area contributed by atoms with Gasteiger partial charge in [-0.2, -0.15) is 4.98 Å². The van der Waals surface area contributed by atoms with Gasteiger partial charge in [-0.3, -0.25) is 10.1 Å². The first kappa shape index (κ1) is 14.3. The Bertz CT molecular complexity index is 892. The van der Waals surface area contributed by atoms with Crippen molar-refractivity contribution in [3.63, 3.8) is 0 Å². The zero-order chi connectivity index (χ0) is 16.0. The van der Waals surface area contributed by atoms with Crippen LogP contribution < -0.4 is 5.32 Å². The van der Waals surface area contributed by atoms with E-state index >= 15 is 0 Å². The van der Waals surface area contributed by atoms with Gasteiger partial charge in [0.1, 0.15) is 5.52 Å². The van der Waals surface area contributed by atoms with Crippen molar-refractivity contribution >= 4 is 34.8 Å². The van der Waals surface area contributed by atoms with Crippen LogP contribution in [0.25, 0.3) is 11.1 Å². The van der Waals surface area contributed by atoms with Crippen molar-refractivity contribution in [2.45, 2.75) is 30.4 Å². The van der Waals surface area contributed by atoms with E-state index in [0.717, 1.165) is 28.6 Å². The van der Waals surface area contributed by atoms with Crippen LogP contribution in [0.5, 0.6) is 0 Å². The normalized spacial score (nSPS) is 16.5. The van der Waals surface area contributed by atoms with Crippen LogP contribution >= 0.6 is 11.8 Å². The van der Waals surface area contributed by atoms with Gasteiger partial charge in [-0.05, 0) is 49.1 Å². The number of aryl methyl sites for hydroxylation is 2. The Morgan fingerprint density at radius 2 is 2.13 bits per heavy atom. The first-order valence-electron chi connectivity index (χ1n) is 7.53. The van der Waals surface area contributed by atoms with Crippen molar-refractivity contribution < 1.29 is 9.21 Å². The second-order valence-electron chi connectivity index (χ2n) is 5.86. The predicted molar refractivity (Wildman–Crippen MR) is 91.9 cm³/mol. The Morgan fingerprint density at radius 1 is 1.30 bits per heavy atom. The molecule has 2 aromatic carbocycles. The molecule has 0 spiro atoms. The van der Waals surface area contributed by atoms with E-state index < -0.39 is 0 Å². The Balaban J connectivity index is 1.55. The summed E-state index contributed by atoms with van der Waals surface area (Å²) in [5, 5.41) is 2.68. The highest BCUT2D eigenvalue weighted by molar-refractivity contribution is 8.01. The quantitative estimate of drug-likeness (QED) is 0.771. The maximum Gasteiger partial charge on any atom is 0.302 e. The molecule has 4 rings (SSSR count). The summed E-state index contributed by atoms with van der Waals surface area (Å²) in [6.07, 6.45) is 0.741. The van der Waals surface area contributed by atoms with Gasteiger partial charge in [-0.25, -0.2) is 0 Å². The van der Waals surface area contributed by atoms with Crippen molar-refractivity contribution in [3.05, 3.63) is 53.1 Å². The Labute approximate surface area is 138 Å². The molecule has 1 aliphatic heterocycles. The summed E-state index contributed by atoms with van der Waals surface area (Å²) < 4.78 is 5.71. The largest absolute Gasteiger partial charge is 0.423 e. The van der Waals surface area contributed by atoms with Crippen LogP contribution in [-0.2, 0) is 11.2 Å². The van der Waals surface area contributed by atoms with E-state index in [1.807, 2.05) is 38.1 Å². The maximum atomic E-state index is 12.5. The zero-order valence-corrected chi connectivity index (χ0v) is 13.7. The number of carbonyl (C=O) groups excluding carboxylic acids is 1. The highest BCUT2D eigenvalue weighted by Crippen LogP contribution is 2.37. The highest BCUT2D eigenvalue weighted by Gasteiger charge is 2.28. The molecule has 4 nitrogen and oxygen atoms in total. The monoisotopic (exact) mass is 324 g/mol. The molecule has 116 valence electrons. The van der Waals surface area contributed by atoms with Gasteiger partial charge < -0.3 is 4.42 Å². The van der Waals surface area contributed by atoms with E-state index in [4.69, 9.17) is 4.42 Å². The summed E-state index contributed by atoms with van der Waals surface area (Å²) in [7, 11) is 0. The van der Waals surface area contributed by atoms with Crippen LogP contribution in [0.2, 0.25) is 0 Å². The van der Waals surface area contributed by atoms with E-state index in [9.17, 15) is 4.79 Å². The minimum absolute atomic E-state index is 0.0628. The van der Waals surface area contributed by atoms with Gasteiger partial charge in [0.15, 0.2) is 5.58 Å². The number of hydrogen-bond acceptors (Lipinski definition) is 4. The fraction of sp³-hybridized carbons (Fsp3) is 0.222. The molecule has 0 fully saturated rings. The van der Waals surface area contributed by atoms with E-state index in [1.54, 1.807) is 11.8 Å². The van der Waals surface area contributed by atoms with Crippen LogP contribution in [-0.4, -0.2) is 16.1 Å². The van der Waals surface area contributed by atoms with E-state index in [2.05, 4.69) is 22.4 Å². The van der Waals surface area contributed by atoms with Crippen molar-refractivity contribution in [2.75, 3.05) is 5.32 Å². The fourth-order valence-electron chi connectivity index (χ4n) is 2.94. The first-order valence-corrected chi connectivity index (χ1v) is 8.41. The van der Waals surface area contributed by atoms with Crippen molar-refractivity contribution in [1.82, 2.24) is 4.98 Å². The number of anilines is 1. The molecule has 0 saturated heterocycles. The molecule has 1 aliphatic rings. The molecule has 0 bridgehead atoms. The van der Waals surface area contributed by atoms with Crippen LogP contribution in [0.3, 0.4) is 0 Å². The number of nitrogens with zero attached hydrogens (tertiary/aromatic N) is 1. The number of rotatable bonds is 2. The van der Waals surface area contributed by atoms with Gasteiger partial charge in [0, 0.05) is 4.90 Å². The summed E-state index contributed by atoms with van der Waals surface area (Å²) in [6.45, 7) is 4.00. The number of fused-ring (bicyclic) bond motifs is 2. The van der Waals surface area contributed by atoms with Gasteiger partial charge in [0.05, 0.1) is 5.25 Å². The topological polar surface area (TPSA) is 55.1 Å². The van der Waals surface area contributed by atoms with Gasteiger partial charge in [0.25, 0.3) is 0 Å². The van der Waals surface area contributed by atoms with Crippen LogP contribution in [0.1, 0.15) is 16.7 Å². The summed E-state index contributed by atoms with van der Waals surface area (Å²) in [5.41, 5.74) is 4.88. The molecule has 0 saturated carbocycles. The lowest BCUT2D eigenvalue weighted by atomic mass is 10.1. The maximum absolute atomic E-state index is 12.5. The molecule has 2 heterocycles. The summed E-state index contributed by atoms with van der Waals surface area (Å²) in [4.78, 5) is 18.0. The molecule has 1 unspecified atom stereocenters. The lowest BCUT2D eigenvalue weighted by Gasteiger charge is -2.06. The van der Waals surface area contributed by atoms with Gasteiger partial charge >= 0.3 is 6.01 Å². The molecule has 1 amide bonds. The smallest absolute Gasteiger partial charge is 0.302 e. The molecule has 1 aromatic heterocycles. The number of benzene rings is 2. The van der Waals surface area contributed by atoms with Crippen LogP contribution in [0, 0.1) is 13.8 Å². The average Bonchev–Trinajstić information content (AvgIpc) is 3.10. The molecule has 23 heavy (non-hydrogen) atoms. The first-order chi connectivity index (χ1) is 11.1. The number of carbonyl (C=O) groups is 1. The SMILES string of the molecule is Cc1cc(C)c2oc(NC(=O)C3Cc4ccccc4S3)nc2c1. The summed E-state index contributed by atoms with van der Waals surface area (Å²) >= 11 is 1.59. The lowest BCUT2D eigenvalue weighted by Crippen LogP contribution is -2.24. The van der Waals surface area contributed by atoms with Crippen LogP contribution in [0.4, 0.5) is 6.01 Å². The molecule has 0 radical (unpaired) electrons. The third-order valence-corrected chi connectivity index (χ3v) is 5.31. The number of hydrogen-bond donors (Lipinski definition) is 1. The number of aromatic nitrogens is 1. The molecule has 0 aliphatic carbocycles. The molecular formula is C18H16N2O2S. The van der Waals surface area contributed by atoms with E-state index in [1.165, 1.54) is 10.5 Å². The molecular weight excluding hydrogens is 308 g/mol. The number of thioether (sulfide) groups is 1. The zero-order valence-electron chi connectivity index (χ0n) is 12.9. The van der Waals surface area contributed by atoms with Gasteiger partial charge in [0.2, 0.25) is 5.91 Å². The van der Waals surface area contributed by atoms with Crippen molar-refractivity contribution in [2.24, 2.45) is 0 Å². The fourth-order valence-corrected chi connectivity index (χ4v) is 4.14. The van der Waals surface area contributed by atoms with Crippen LogP contribution in [0.15, 0.2) is 45.7 Å². The lowest BCUT2D eigenvalue weighted by molar-refractivity contribution is -0.115. The molecule has 1 N–H and O–H groups in total. The molecule has 1 atom stereocenters. The van der Waals surface area contributed by atoms with Gasteiger partial charge in [-0.1, -0.05) is 24.3 Å². The Hall–Kier alpha value is -2.27. The number of oxazole rings is 1. The van der Waals surface area contributed by atoms with E-state index in [0.29, 0.717) is 0 Å². The third kappa shape index (κ3) is 2.61. The highest BCUT2D eigenvalue weighted by atomic mass is 32.2. The summed E-state index contributed by atoms with van der Waals surface area (Å²) in [6, 6.07) is 12.4. The second-order valence-corrected chi connectivity index (χ2v) is 7.10. The molecule has 3 aromatic rings. The third-order valence-electron chi connectivity index (χ3n) is 3.99. The number of nitrogens with one attached hydrogen (secondary N) is 1. The van der Waals surface area contributed by atoms with Crippen molar-refractivity contribution in [1.29, 1.82) is 0 Å². The Morgan fingerprint density at radius 3 is 2.96 bits per heavy atom. The average molecular weight is 324 g/mol. The van der Waals surface area contributed by atoms with E-state index in [-0.39, 0.29) is 17.2 Å². The minimum Gasteiger partial charge on any atom is -0.423 e. The standard InChI is InChI=1S/C18H16N2O2S/c1-10-7-11(2)16-13(8-10)19-18(22-16)20-17(21)15-9-12-5-3-4-6-14(12)23-15/h3-8,15H,9H2,1-2H3,(H,19,20,21). The Kier molecular flexibility index (Phi) is 3.38. The predicted octanol–water partition coefficient (Wildman–Crippen LogP) is 4.10. The second kappa shape index (κ2) is 5.42. The number of amides is 1.